The van der Waals surface area contributed by atoms with E-state index in [1.54, 1.807) is 0 Å². The minimum Gasteiger partial charge on any atom is -0.447 e. The fourth-order valence-corrected chi connectivity index (χ4v) is 1.81. The Hall–Kier alpha value is -1.50. The lowest BCUT2D eigenvalue weighted by atomic mass is 10.0. The second-order valence-electron chi connectivity index (χ2n) is 3.65. The largest absolute Gasteiger partial charge is 0.447 e. The zero-order chi connectivity index (χ0) is 13.5. The molecule has 0 radical (unpaired) electrons. The highest BCUT2D eigenvalue weighted by Gasteiger charge is 2.35. The summed E-state index contributed by atoms with van der Waals surface area (Å²) >= 11 is 5.41. The van der Waals surface area contributed by atoms with E-state index in [1.165, 1.54) is 0 Å². The summed E-state index contributed by atoms with van der Waals surface area (Å²) in [4.78, 5) is 10.8. The SMILES string of the molecule is O=C1N[C@@H](c2cc(C(F)(F)F)cc(Cl)c2F)CO1. The van der Waals surface area contributed by atoms with Crippen molar-refractivity contribution >= 4 is 17.7 Å². The number of cyclic esters (lactones) is 1. The Balaban J connectivity index is 2.46. The fourth-order valence-electron chi connectivity index (χ4n) is 1.58. The molecule has 98 valence electrons. The number of rotatable bonds is 1. The zero-order valence-electron chi connectivity index (χ0n) is 8.65. The van der Waals surface area contributed by atoms with E-state index in [0.717, 1.165) is 0 Å². The normalized spacial score (nSPS) is 19.6. The molecule has 1 aliphatic heterocycles. The summed E-state index contributed by atoms with van der Waals surface area (Å²) in [5.41, 5.74) is -1.43. The van der Waals surface area contributed by atoms with Gasteiger partial charge in [-0.15, -0.1) is 0 Å². The highest BCUT2D eigenvalue weighted by Crippen LogP contribution is 2.35. The standard InChI is InChI=1S/C10H6ClF4NO2/c11-6-2-4(10(13,14)15)1-5(8(6)12)7-3-18-9(17)16-7/h1-2,7H,3H2,(H,16,17)/t7-/m1/s1. The predicted molar refractivity (Wildman–Crippen MR) is 53.6 cm³/mol. The van der Waals surface area contributed by atoms with Crippen molar-refractivity contribution < 1.29 is 27.1 Å². The number of amides is 1. The second kappa shape index (κ2) is 4.31. The Kier molecular flexibility index (Phi) is 3.10. The van der Waals surface area contributed by atoms with Crippen molar-refractivity contribution in [3.63, 3.8) is 0 Å². The Labute approximate surface area is 104 Å². The van der Waals surface area contributed by atoms with Crippen LogP contribution >= 0.6 is 11.6 Å². The van der Waals surface area contributed by atoms with Crippen molar-refractivity contribution in [2.75, 3.05) is 6.61 Å². The van der Waals surface area contributed by atoms with Crippen LogP contribution in [0.3, 0.4) is 0 Å². The quantitative estimate of drug-likeness (QED) is 0.803. The molecule has 3 nitrogen and oxygen atoms in total. The van der Waals surface area contributed by atoms with Gasteiger partial charge in [0.15, 0.2) is 0 Å². The number of hydrogen-bond donors (Lipinski definition) is 1. The van der Waals surface area contributed by atoms with E-state index in [-0.39, 0.29) is 12.2 Å². The van der Waals surface area contributed by atoms with Gasteiger partial charge in [-0.25, -0.2) is 9.18 Å². The Morgan fingerprint density at radius 1 is 1.39 bits per heavy atom. The van der Waals surface area contributed by atoms with Crippen LogP contribution < -0.4 is 5.32 Å². The van der Waals surface area contributed by atoms with Crippen molar-refractivity contribution in [3.8, 4) is 0 Å². The summed E-state index contributed by atoms with van der Waals surface area (Å²) in [5, 5.41) is 1.54. The lowest BCUT2D eigenvalue weighted by molar-refractivity contribution is -0.137. The average molecular weight is 284 g/mol. The Bertz CT molecular complexity index is 503. The maximum absolute atomic E-state index is 13.6. The van der Waals surface area contributed by atoms with Crippen LogP contribution in [-0.2, 0) is 10.9 Å². The molecule has 1 amide bonds. The van der Waals surface area contributed by atoms with Gasteiger partial charge in [-0.3, -0.25) is 0 Å². The van der Waals surface area contributed by atoms with E-state index in [2.05, 4.69) is 10.1 Å². The lowest BCUT2D eigenvalue weighted by Crippen LogP contribution is -2.20. The molecule has 0 unspecified atom stereocenters. The van der Waals surface area contributed by atoms with Crippen molar-refractivity contribution in [2.24, 2.45) is 0 Å². The molecule has 0 aliphatic carbocycles. The monoisotopic (exact) mass is 283 g/mol. The molecule has 1 N–H and O–H groups in total. The summed E-state index contributed by atoms with van der Waals surface area (Å²) in [7, 11) is 0. The number of nitrogens with one attached hydrogen (secondary N) is 1. The van der Waals surface area contributed by atoms with Crippen molar-refractivity contribution in [1.29, 1.82) is 0 Å². The van der Waals surface area contributed by atoms with Gasteiger partial charge < -0.3 is 10.1 Å². The molecule has 1 heterocycles. The van der Waals surface area contributed by atoms with Gasteiger partial charge in [0.25, 0.3) is 0 Å². The minimum absolute atomic E-state index is 0.243. The molecule has 1 fully saturated rings. The summed E-state index contributed by atoms with van der Waals surface area (Å²) in [6.07, 6.45) is -5.46. The molecular formula is C10H6ClF4NO2. The van der Waals surface area contributed by atoms with Crippen LogP contribution in [-0.4, -0.2) is 12.7 Å². The summed E-state index contributed by atoms with van der Waals surface area (Å²) < 4.78 is 55.8. The number of carbonyl (C=O) groups excluding carboxylic acids is 1. The van der Waals surface area contributed by atoms with Crippen molar-refractivity contribution in [1.82, 2.24) is 5.32 Å². The third kappa shape index (κ3) is 2.35. The first-order valence-corrected chi connectivity index (χ1v) is 5.16. The fraction of sp³-hybridized carbons (Fsp3) is 0.300. The number of benzene rings is 1. The molecule has 2 rings (SSSR count). The molecule has 1 aromatic rings. The summed E-state index contributed by atoms with van der Waals surface area (Å²) in [6.45, 7) is -0.243. The lowest BCUT2D eigenvalue weighted by Gasteiger charge is -2.14. The van der Waals surface area contributed by atoms with E-state index in [0.29, 0.717) is 12.1 Å². The first kappa shape index (κ1) is 12.9. The van der Waals surface area contributed by atoms with Crippen LogP contribution in [0.1, 0.15) is 17.2 Å². The summed E-state index contributed by atoms with van der Waals surface area (Å²) in [5.74, 6) is -1.000. The molecule has 1 atom stereocenters. The summed E-state index contributed by atoms with van der Waals surface area (Å²) in [6, 6.07) is 0.135. The van der Waals surface area contributed by atoms with E-state index in [1.807, 2.05) is 0 Å². The molecule has 1 aromatic carbocycles. The molecule has 0 spiro atoms. The minimum atomic E-state index is -4.64. The first-order chi connectivity index (χ1) is 8.29. The second-order valence-corrected chi connectivity index (χ2v) is 4.06. The van der Waals surface area contributed by atoms with Crippen LogP contribution in [0.5, 0.6) is 0 Å². The Morgan fingerprint density at radius 2 is 2.06 bits per heavy atom. The highest BCUT2D eigenvalue weighted by atomic mass is 35.5. The van der Waals surface area contributed by atoms with Crippen LogP contribution in [0, 0.1) is 5.82 Å². The zero-order valence-corrected chi connectivity index (χ0v) is 9.40. The van der Waals surface area contributed by atoms with Crippen molar-refractivity contribution in [2.45, 2.75) is 12.2 Å². The first-order valence-electron chi connectivity index (χ1n) is 4.78. The number of alkyl carbamates (subject to hydrolysis) is 1. The van der Waals surface area contributed by atoms with Gasteiger partial charge in [0, 0.05) is 5.56 Å². The molecular weight excluding hydrogens is 278 g/mol. The van der Waals surface area contributed by atoms with E-state index >= 15 is 0 Å². The van der Waals surface area contributed by atoms with Gasteiger partial charge in [0.1, 0.15) is 12.4 Å². The number of hydrogen-bond acceptors (Lipinski definition) is 2. The molecule has 1 saturated heterocycles. The third-order valence-electron chi connectivity index (χ3n) is 2.43. The van der Waals surface area contributed by atoms with Crippen LogP contribution in [0.15, 0.2) is 12.1 Å². The topological polar surface area (TPSA) is 38.3 Å². The third-order valence-corrected chi connectivity index (χ3v) is 2.71. The van der Waals surface area contributed by atoms with E-state index in [4.69, 9.17) is 11.6 Å². The highest BCUT2D eigenvalue weighted by molar-refractivity contribution is 6.30. The van der Waals surface area contributed by atoms with Gasteiger partial charge in [0.2, 0.25) is 0 Å². The molecule has 0 saturated carbocycles. The van der Waals surface area contributed by atoms with Gasteiger partial charge >= 0.3 is 12.3 Å². The number of alkyl halides is 3. The average Bonchev–Trinajstić information content (AvgIpc) is 2.67. The maximum Gasteiger partial charge on any atom is 0.416 e. The number of halogens is 5. The smallest absolute Gasteiger partial charge is 0.416 e. The van der Waals surface area contributed by atoms with E-state index < -0.39 is 34.7 Å². The number of carbonyl (C=O) groups is 1. The van der Waals surface area contributed by atoms with Gasteiger partial charge in [-0.2, -0.15) is 13.2 Å². The maximum atomic E-state index is 13.6. The molecule has 0 bridgehead atoms. The van der Waals surface area contributed by atoms with Gasteiger partial charge in [-0.05, 0) is 12.1 Å². The van der Waals surface area contributed by atoms with Crippen LogP contribution in [0.2, 0.25) is 5.02 Å². The molecule has 18 heavy (non-hydrogen) atoms. The van der Waals surface area contributed by atoms with Gasteiger partial charge in [0.05, 0.1) is 16.6 Å². The van der Waals surface area contributed by atoms with E-state index in [9.17, 15) is 22.4 Å². The number of ether oxygens (including phenoxy) is 1. The molecule has 8 heteroatoms. The van der Waals surface area contributed by atoms with Crippen LogP contribution in [0.4, 0.5) is 22.4 Å². The van der Waals surface area contributed by atoms with Gasteiger partial charge in [-0.1, -0.05) is 11.6 Å². The molecule has 1 aliphatic rings. The molecule has 0 aromatic heterocycles. The Morgan fingerprint density at radius 3 is 2.56 bits per heavy atom. The predicted octanol–water partition coefficient (Wildman–Crippen LogP) is 3.28. The van der Waals surface area contributed by atoms with Crippen LogP contribution in [0.25, 0.3) is 0 Å². The van der Waals surface area contributed by atoms with Crippen molar-refractivity contribution in [3.05, 3.63) is 34.1 Å².